The number of likely N-dealkylation sites (tertiary alicyclic amines) is 1. The summed E-state index contributed by atoms with van der Waals surface area (Å²) in [6.07, 6.45) is 1.97. The fourth-order valence-electron chi connectivity index (χ4n) is 4.05. The standard InChI is InChI=1S/C25H27N3O5S/c29-28(30)25-9-5-4-8-21(25)19-34(31,32)26-22-10-12-23(13-11-22)33-24-14-16-27(17-15-24)18-20-6-2-1-3-7-20/h1-13,24,26H,14-19H2. The van der Waals surface area contributed by atoms with Gasteiger partial charge in [0, 0.05) is 37.0 Å². The zero-order valence-electron chi connectivity index (χ0n) is 18.7. The molecule has 1 heterocycles. The molecule has 0 amide bonds. The highest BCUT2D eigenvalue weighted by molar-refractivity contribution is 7.91. The summed E-state index contributed by atoms with van der Waals surface area (Å²) in [7, 11) is -3.82. The number of sulfonamides is 1. The molecule has 0 unspecified atom stereocenters. The lowest BCUT2D eigenvalue weighted by Gasteiger charge is -2.32. The molecule has 34 heavy (non-hydrogen) atoms. The Morgan fingerprint density at radius 2 is 1.59 bits per heavy atom. The van der Waals surface area contributed by atoms with E-state index in [-0.39, 0.29) is 17.4 Å². The van der Waals surface area contributed by atoms with E-state index < -0.39 is 20.7 Å². The maximum absolute atomic E-state index is 12.5. The Morgan fingerprint density at radius 1 is 0.941 bits per heavy atom. The highest BCUT2D eigenvalue weighted by atomic mass is 32.2. The molecule has 1 N–H and O–H groups in total. The second kappa shape index (κ2) is 10.7. The van der Waals surface area contributed by atoms with Crippen molar-refractivity contribution in [3.05, 3.63) is 100 Å². The smallest absolute Gasteiger partial charge is 0.273 e. The molecule has 0 aliphatic carbocycles. The van der Waals surface area contributed by atoms with Crippen LogP contribution in [0.3, 0.4) is 0 Å². The van der Waals surface area contributed by atoms with E-state index in [0.29, 0.717) is 11.4 Å². The molecule has 3 aromatic carbocycles. The van der Waals surface area contributed by atoms with Crippen molar-refractivity contribution in [2.45, 2.75) is 31.2 Å². The third kappa shape index (κ3) is 6.55. The third-order valence-corrected chi connectivity index (χ3v) is 6.99. The maximum atomic E-state index is 12.5. The van der Waals surface area contributed by atoms with E-state index in [1.54, 1.807) is 30.3 Å². The lowest BCUT2D eigenvalue weighted by molar-refractivity contribution is -0.385. The van der Waals surface area contributed by atoms with Gasteiger partial charge in [-0.2, -0.15) is 0 Å². The van der Waals surface area contributed by atoms with Gasteiger partial charge in [0.05, 0.1) is 4.92 Å². The number of nitrogens with one attached hydrogen (secondary N) is 1. The maximum Gasteiger partial charge on any atom is 0.273 e. The fraction of sp³-hybridized carbons (Fsp3) is 0.280. The first-order chi connectivity index (χ1) is 16.4. The second-order valence-electron chi connectivity index (χ2n) is 8.35. The molecule has 0 aromatic heterocycles. The molecule has 0 spiro atoms. The molecule has 4 rings (SSSR count). The lowest BCUT2D eigenvalue weighted by atomic mass is 10.1. The first-order valence-electron chi connectivity index (χ1n) is 11.1. The van der Waals surface area contributed by atoms with Gasteiger partial charge in [0.2, 0.25) is 10.0 Å². The van der Waals surface area contributed by atoms with Crippen LogP contribution in [-0.2, 0) is 22.3 Å². The molecular formula is C25H27N3O5S. The van der Waals surface area contributed by atoms with Gasteiger partial charge in [0.1, 0.15) is 17.6 Å². The zero-order valence-corrected chi connectivity index (χ0v) is 19.5. The number of benzene rings is 3. The minimum Gasteiger partial charge on any atom is -0.490 e. The number of hydrogen-bond donors (Lipinski definition) is 1. The van der Waals surface area contributed by atoms with Crippen LogP contribution in [0.2, 0.25) is 0 Å². The van der Waals surface area contributed by atoms with E-state index in [1.165, 1.54) is 23.8 Å². The summed E-state index contributed by atoms with van der Waals surface area (Å²) < 4.78 is 33.7. The number of piperidine rings is 1. The summed E-state index contributed by atoms with van der Waals surface area (Å²) in [4.78, 5) is 13.0. The molecule has 1 fully saturated rings. The second-order valence-corrected chi connectivity index (χ2v) is 10.1. The average molecular weight is 482 g/mol. The first kappa shape index (κ1) is 23.7. The summed E-state index contributed by atoms with van der Waals surface area (Å²) in [5.41, 5.74) is 1.61. The van der Waals surface area contributed by atoms with Crippen LogP contribution in [0, 0.1) is 10.1 Å². The van der Waals surface area contributed by atoms with E-state index in [1.807, 2.05) is 6.07 Å². The summed E-state index contributed by atoms with van der Waals surface area (Å²) >= 11 is 0. The molecule has 1 saturated heterocycles. The molecule has 1 aliphatic heterocycles. The monoisotopic (exact) mass is 481 g/mol. The Labute approximate surface area is 199 Å². The number of nitrogens with zero attached hydrogens (tertiary/aromatic N) is 2. The van der Waals surface area contributed by atoms with E-state index in [0.717, 1.165) is 32.5 Å². The van der Waals surface area contributed by atoms with Crippen molar-refractivity contribution in [2.24, 2.45) is 0 Å². The van der Waals surface area contributed by atoms with Crippen LogP contribution in [0.1, 0.15) is 24.0 Å². The number of para-hydroxylation sites is 1. The Hall–Kier alpha value is -3.43. The number of nitro groups is 1. The highest BCUT2D eigenvalue weighted by Gasteiger charge is 2.22. The predicted molar refractivity (Wildman–Crippen MR) is 131 cm³/mol. The highest BCUT2D eigenvalue weighted by Crippen LogP contribution is 2.24. The molecule has 0 saturated carbocycles. The SMILES string of the molecule is O=[N+]([O-])c1ccccc1CS(=O)(=O)Nc1ccc(OC2CCN(Cc3ccccc3)CC2)cc1. The Bertz CT molecular complexity index is 1210. The number of ether oxygens (including phenoxy) is 1. The van der Waals surface area contributed by atoms with Crippen LogP contribution in [0.15, 0.2) is 78.9 Å². The van der Waals surface area contributed by atoms with Gasteiger partial charge in [-0.15, -0.1) is 0 Å². The van der Waals surface area contributed by atoms with Crippen molar-refractivity contribution in [1.82, 2.24) is 4.90 Å². The quantitative estimate of drug-likeness (QED) is 0.355. The summed E-state index contributed by atoms with van der Waals surface area (Å²) in [6, 6.07) is 23.0. The van der Waals surface area contributed by atoms with Crippen molar-refractivity contribution < 1.29 is 18.1 Å². The summed E-state index contributed by atoms with van der Waals surface area (Å²) in [6.45, 7) is 2.86. The number of nitro benzene ring substituents is 1. The average Bonchev–Trinajstić information content (AvgIpc) is 2.82. The molecule has 1 aliphatic rings. The van der Waals surface area contributed by atoms with E-state index in [4.69, 9.17) is 4.74 Å². The van der Waals surface area contributed by atoms with Crippen molar-refractivity contribution in [3.8, 4) is 5.75 Å². The molecule has 0 bridgehead atoms. The molecule has 0 atom stereocenters. The number of anilines is 1. The van der Waals surface area contributed by atoms with Crippen molar-refractivity contribution in [3.63, 3.8) is 0 Å². The van der Waals surface area contributed by atoms with E-state index in [2.05, 4.69) is 33.9 Å². The van der Waals surface area contributed by atoms with Crippen LogP contribution in [-0.4, -0.2) is 37.4 Å². The van der Waals surface area contributed by atoms with Gasteiger partial charge >= 0.3 is 0 Å². The summed E-state index contributed by atoms with van der Waals surface area (Å²) in [5.74, 6) is 0.201. The van der Waals surface area contributed by atoms with Crippen LogP contribution in [0.5, 0.6) is 5.75 Å². The Balaban J connectivity index is 1.28. The van der Waals surface area contributed by atoms with Crippen LogP contribution in [0.25, 0.3) is 0 Å². The van der Waals surface area contributed by atoms with E-state index in [9.17, 15) is 18.5 Å². The molecule has 3 aromatic rings. The van der Waals surface area contributed by atoms with Crippen molar-refractivity contribution in [1.29, 1.82) is 0 Å². The Morgan fingerprint density at radius 3 is 2.26 bits per heavy atom. The van der Waals surface area contributed by atoms with Crippen LogP contribution >= 0.6 is 0 Å². The Kier molecular flexibility index (Phi) is 7.44. The van der Waals surface area contributed by atoms with Gasteiger partial charge in [-0.05, 0) is 42.7 Å². The normalized spacial score (nSPS) is 15.1. The summed E-state index contributed by atoms with van der Waals surface area (Å²) in [5, 5.41) is 11.1. The first-order valence-corrected chi connectivity index (χ1v) is 12.8. The molecule has 178 valence electrons. The molecular weight excluding hydrogens is 454 g/mol. The molecule has 9 heteroatoms. The van der Waals surface area contributed by atoms with Crippen molar-refractivity contribution in [2.75, 3.05) is 17.8 Å². The minimum atomic E-state index is -3.82. The number of hydrogen-bond acceptors (Lipinski definition) is 6. The minimum absolute atomic E-state index is 0.119. The van der Waals surface area contributed by atoms with Gasteiger partial charge < -0.3 is 4.74 Å². The van der Waals surface area contributed by atoms with Crippen LogP contribution in [0.4, 0.5) is 11.4 Å². The largest absolute Gasteiger partial charge is 0.490 e. The van der Waals surface area contributed by atoms with Gasteiger partial charge in [0.25, 0.3) is 5.69 Å². The third-order valence-electron chi connectivity index (χ3n) is 5.75. The van der Waals surface area contributed by atoms with Gasteiger partial charge in [-0.1, -0.05) is 48.5 Å². The van der Waals surface area contributed by atoms with Crippen LogP contribution < -0.4 is 9.46 Å². The predicted octanol–water partition coefficient (Wildman–Crippen LogP) is 4.58. The van der Waals surface area contributed by atoms with E-state index >= 15 is 0 Å². The van der Waals surface area contributed by atoms with Crippen molar-refractivity contribution >= 4 is 21.4 Å². The van der Waals surface area contributed by atoms with Gasteiger partial charge in [-0.3, -0.25) is 19.7 Å². The van der Waals surface area contributed by atoms with Gasteiger partial charge in [-0.25, -0.2) is 8.42 Å². The van der Waals surface area contributed by atoms with Gasteiger partial charge in [0.15, 0.2) is 0 Å². The topological polar surface area (TPSA) is 102 Å². The fourth-order valence-corrected chi connectivity index (χ4v) is 5.27. The molecule has 0 radical (unpaired) electrons. The number of rotatable bonds is 9. The zero-order chi connectivity index (χ0) is 24.0. The molecule has 8 nitrogen and oxygen atoms in total. The lowest BCUT2D eigenvalue weighted by Crippen LogP contribution is -2.37.